The number of aryl methyl sites for hydroxylation is 2. The van der Waals surface area contributed by atoms with Crippen LogP contribution < -0.4 is 9.46 Å². The molecule has 146 valence electrons. The molecular formula is C21H23N3O3S. The Morgan fingerprint density at radius 2 is 1.61 bits per heavy atom. The van der Waals surface area contributed by atoms with Crippen LogP contribution in [-0.4, -0.2) is 25.2 Å². The zero-order valence-electron chi connectivity index (χ0n) is 16.1. The lowest BCUT2D eigenvalue weighted by Gasteiger charge is -2.10. The summed E-state index contributed by atoms with van der Waals surface area (Å²) in [7, 11) is -3.64. The topological polar surface area (TPSA) is 81.2 Å². The molecule has 2 aromatic carbocycles. The van der Waals surface area contributed by atoms with E-state index < -0.39 is 10.0 Å². The minimum absolute atomic E-state index is 0.252. The molecule has 1 aromatic heterocycles. The predicted octanol–water partition coefficient (Wildman–Crippen LogP) is 4.35. The fourth-order valence-electron chi connectivity index (χ4n) is 2.77. The Hall–Kier alpha value is -2.93. The molecule has 0 spiro atoms. The van der Waals surface area contributed by atoms with E-state index in [9.17, 15) is 8.42 Å². The van der Waals surface area contributed by atoms with E-state index in [1.165, 1.54) is 0 Å². The van der Waals surface area contributed by atoms with Crippen molar-refractivity contribution < 1.29 is 13.2 Å². The van der Waals surface area contributed by atoms with Crippen LogP contribution >= 0.6 is 0 Å². The molecule has 3 aromatic rings. The van der Waals surface area contributed by atoms with Gasteiger partial charge in [0.1, 0.15) is 0 Å². The maximum absolute atomic E-state index is 12.6. The van der Waals surface area contributed by atoms with Gasteiger partial charge in [-0.15, -0.1) is 10.2 Å². The lowest BCUT2D eigenvalue weighted by Crippen LogP contribution is -2.13. The maximum atomic E-state index is 12.6. The first kappa shape index (κ1) is 19.8. The van der Waals surface area contributed by atoms with Crippen molar-refractivity contribution in [3.8, 4) is 17.1 Å². The molecule has 1 N–H and O–H groups in total. The average Bonchev–Trinajstić information content (AvgIpc) is 2.66. The molecule has 0 saturated carbocycles. The lowest BCUT2D eigenvalue weighted by molar-refractivity contribution is 0.302. The summed E-state index contributed by atoms with van der Waals surface area (Å²) in [5.41, 5.74) is 3.82. The standard InChI is InChI=1S/C21H23N3O3S/c1-4-11-27-21-10-9-20(22-23-21)17-5-7-18(8-6-17)24-28(25,26)19-13-15(2)12-16(3)14-19/h5-10,12-14,24H,4,11H2,1-3H3. The SMILES string of the molecule is CCCOc1ccc(-c2ccc(NS(=O)(=O)c3cc(C)cc(C)c3)cc2)nn1. The van der Waals surface area contributed by atoms with E-state index in [4.69, 9.17) is 4.74 Å². The van der Waals surface area contributed by atoms with Gasteiger partial charge in [0.05, 0.1) is 17.2 Å². The summed E-state index contributed by atoms with van der Waals surface area (Å²) in [6.45, 7) is 6.38. The summed E-state index contributed by atoms with van der Waals surface area (Å²) in [6.07, 6.45) is 0.906. The largest absolute Gasteiger partial charge is 0.477 e. The van der Waals surface area contributed by atoms with Crippen LogP contribution in [0.25, 0.3) is 11.3 Å². The molecule has 0 aliphatic heterocycles. The molecule has 0 aliphatic rings. The number of anilines is 1. The molecule has 3 rings (SSSR count). The quantitative estimate of drug-likeness (QED) is 0.641. The summed E-state index contributed by atoms with van der Waals surface area (Å²) >= 11 is 0. The first-order valence-electron chi connectivity index (χ1n) is 9.05. The van der Waals surface area contributed by atoms with Crippen molar-refractivity contribution in [2.45, 2.75) is 32.1 Å². The fraction of sp³-hybridized carbons (Fsp3) is 0.238. The van der Waals surface area contributed by atoms with Crippen LogP contribution in [0.4, 0.5) is 5.69 Å². The molecule has 0 aliphatic carbocycles. The zero-order chi connectivity index (χ0) is 20.1. The lowest BCUT2D eigenvalue weighted by atomic mass is 10.1. The van der Waals surface area contributed by atoms with E-state index >= 15 is 0 Å². The summed E-state index contributed by atoms with van der Waals surface area (Å²) in [6, 6.07) is 15.9. The smallest absolute Gasteiger partial charge is 0.261 e. The minimum Gasteiger partial charge on any atom is -0.477 e. The van der Waals surface area contributed by atoms with Gasteiger partial charge in [-0.1, -0.05) is 25.1 Å². The third kappa shape index (κ3) is 4.86. The van der Waals surface area contributed by atoms with Crippen molar-refractivity contribution in [1.29, 1.82) is 0 Å². The van der Waals surface area contributed by atoms with E-state index in [1.54, 1.807) is 42.5 Å². The fourth-order valence-corrected chi connectivity index (χ4v) is 4.02. The molecule has 0 unspecified atom stereocenters. The molecule has 28 heavy (non-hydrogen) atoms. The van der Waals surface area contributed by atoms with Gasteiger partial charge < -0.3 is 4.74 Å². The highest BCUT2D eigenvalue weighted by Crippen LogP contribution is 2.23. The van der Waals surface area contributed by atoms with Crippen LogP contribution in [0.2, 0.25) is 0 Å². The van der Waals surface area contributed by atoms with Crippen LogP contribution in [0.5, 0.6) is 5.88 Å². The normalized spacial score (nSPS) is 11.2. The van der Waals surface area contributed by atoms with Crippen molar-refractivity contribution in [3.63, 3.8) is 0 Å². The van der Waals surface area contributed by atoms with E-state index in [0.717, 1.165) is 23.1 Å². The Balaban J connectivity index is 1.75. The van der Waals surface area contributed by atoms with Gasteiger partial charge in [0.15, 0.2) is 0 Å². The van der Waals surface area contributed by atoms with Gasteiger partial charge in [-0.25, -0.2) is 8.42 Å². The molecule has 0 bridgehead atoms. The Morgan fingerprint density at radius 1 is 0.929 bits per heavy atom. The van der Waals surface area contributed by atoms with E-state index in [2.05, 4.69) is 14.9 Å². The van der Waals surface area contributed by atoms with Gasteiger partial charge in [0, 0.05) is 17.3 Å². The van der Waals surface area contributed by atoms with Gasteiger partial charge >= 0.3 is 0 Å². The van der Waals surface area contributed by atoms with Crippen LogP contribution in [0.1, 0.15) is 24.5 Å². The number of ether oxygens (including phenoxy) is 1. The number of sulfonamides is 1. The Morgan fingerprint density at radius 3 is 2.18 bits per heavy atom. The van der Waals surface area contributed by atoms with Crippen LogP contribution in [-0.2, 0) is 10.0 Å². The highest BCUT2D eigenvalue weighted by atomic mass is 32.2. The number of nitrogens with one attached hydrogen (secondary N) is 1. The van der Waals surface area contributed by atoms with Gasteiger partial charge in [-0.05, 0) is 61.7 Å². The Kier molecular flexibility index (Phi) is 5.94. The van der Waals surface area contributed by atoms with Gasteiger partial charge in [-0.2, -0.15) is 0 Å². The van der Waals surface area contributed by atoms with Crippen LogP contribution in [0, 0.1) is 13.8 Å². The molecular weight excluding hydrogens is 374 g/mol. The summed E-state index contributed by atoms with van der Waals surface area (Å²) in [5.74, 6) is 0.489. The molecule has 0 saturated heterocycles. The second kappa shape index (κ2) is 8.39. The van der Waals surface area contributed by atoms with Crippen molar-refractivity contribution in [2.75, 3.05) is 11.3 Å². The first-order valence-corrected chi connectivity index (χ1v) is 10.5. The second-order valence-corrected chi connectivity index (χ2v) is 8.29. The van der Waals surface area contributed by atoms with Gasteiger partial charge in [0.25, 0.3) is 10.0 Å². The van der Waals surface area contributed by atoms with Crippen LogP contribution in [0.15, 0.2) is 59.5 Å². The first-order chi connectivity index (χ1) is 13.4. The number of benzene rings is 2. The monoisotopic (exact) mass is 397 g/mol. The van der Waals surface area contributed by atoms with Gasteiger partial charge in [-0.3, -0.25) is 4.72 Å². The van der Waals surface area contributed by atoms with Crippen molar-refractivity contribution in [3.05, 3.63) is 65.7 Å². The molecule has 1 heterocycles. The molecule has 0 atom stereocenters. The van der Waals surface area contributed by atoms with Crippen molar-refractivity contribution in [1.82, 2.24) is 10.2 Å². The molecule has 6 nitrogen and oxygen atoms in total. The van der Waals surface area contributed by atoms with E-state index in [1.807, 2.05) is 32.9 Å². The Bertz CT molecular complexity index is 1030. The summed E-state index contributed by atoms with van der Waals surface area (Å²) < 4.78 is 33.3. The number of aromatic nitrogens is 2. The van der Waals surface area contributed by atoms with E-state index in [-0.39, 0.29) is 4.90 Å². The number of nitrogens with zero attached hydrogens (tertiary/aromatic N) is 2. The predicted molar refractivity (Wildman–Crippen MR) is 110 cm³/mol. The average molecular weight is 398 g/mol. The zero-order valence-corrected chi connectivity index (χ0v) is 17.0. The summed E-state index contributed by atoms with van der Waals surface area (Å²) in [4.78, 5) is 0.252. The third-order valence-electron chi connectivity index (χ3n) is 4.03. The third-order valence-corrected chi connectivity index (χ3v) is 5.39. The Labute approximate surface area is 165 Å². The van der Waals surface area contributed by atoms with Crippen molar-refractivity contribution >= 4 is 15.7 Å². The number of hydrogen-bond acceptors (Lipinski definition) is 5. The number of hydrogen-bond donors (Lipinski definition) is 1. The minimum atomic E-state index is -3.64. The van der Waals surface area contributed by atoms with Crippen LogP contribution in [0.3, 0.4) is 0 Å². The molecule has 7 heteroatoms. The maximum Gasteiger partial charge on any atom is 0.261 e. The second-order valence-electron chi connectivity index (χ2n) is 6.61. The van der Waals surface area contributed by atoms with Gasteiger partial charge in [0.2, 0.25) is 5.88 Å². The molecule has 0 amide bonds. The number of rotatable bonds is 7. The highest BCUT2D eigenvalue weighted by molar-refractivity contribution is 7.92. The van der Waals surface area contributed by atoms with Crippen molar-refractivity contribution in [2.24, 2.45) is 0 Å². The van der Waals surface area contributed by atoms with E-state index in [0.29, 0.717) is 23.9 Å². The molecule has 0 radical (unpaired) electrons. The molecule has 0 fully saturated rings. The summed E-state index contributed by atoms with van der Waals surface area (Å²) in [5, 5.41) is 8.21. The highest BCUT2D eigenvalue weighted by Gasteiger charge is 2.15.